The molecule has 0 saturated carbocycles. The Morgan fingerprint density at radius 2 is 2.16 bits per heavy atom. The smallest absolute Gasteiger partial charge is 0.226 e. The number of nitrogens with one attached hydrogen (secondary N) is 1. The van der Waals surface area contributed by atoms with Crippen molar-refractivity contribution in [2.24, 2.45) is 0 Å². The van der Waals surface area contributed by atoms with E-state index >= 15 is 0 Å². The van der Waals surface area contributed by atoms with Crippen LogP contribution in [0.15, 0.2) is 46.3 Å². The van der Waals surface area contributed by atoms with Gasteiger partial charge in [0.1, 0.15) is 0 Å². The molecule has 0 fully saturated rings. The van der Waals surface area contributed by atoms with Gasteiger partial charge in [-0.2, -0.15) is 4.98 Å². The van der Waals surface area contributed by atoms with Crippen LogP contribution in [0.4, 0.5) is 0 Å². The van der Waals surface area contributed by atoms with Crippen molar-refractivity contribution < 1.29 is 9.32 Å². The molecule has 0 radical (unpaired) electrons. The van der Waals surface area contributed by atoms with E-state index in [-0.39, 0.29) is 5.91 Å². The Bertz CT molecular complexity index is 817. The highest BCUT2D eigenvalue weighted by Crippen LogP contribution is 2.21. The normalized spacial score (nSPS) is 10.8. The monoisotopic (exact) mass is 375 g/mol. The van der Waals surface area contributed by atoms with Gasteiger partial charge in [0.25, 0.3) is 0 Å². The highest BCUT2D eigenvalue weighted by Gasteiger charge is 2.10. The van der Waals surface area contributed by atoms with Gasteiger partial charge in [-0.25, -0.2) is 0 Å². The third-order valence-corrected chi connectivity index (χ3v) is 4.73. The lowest BCUT2D eigenvalue weighted by molar-refractivity contribution is -0.121. The van der Waals surface area contributed by atoms with Gasteiger partial charge >= 0.3 is 0 Å². The van der Waals surface area contributed by atoms with Gasteiger partial charge in [-0.15, -0.1) is 11.3 Å². The van der Waals surface area contributed by atoms with E-state index in [1.165, 1.54) is 0 Å². The fourth-order valence-corrected chi connectivity index (χ4v) is 3.25. The van der Waals surface area contributed by atoms with Gasteiger partial charge in [0.05, 0.1) is 4.88 Å². The van der Waals surface area contributed by atoms with Crippen molar-refractivity contribution in [2.45, 2.75) is 25.7 Å². The number of aryl methyl sites for hydroxylation is 1. The van der Waals surface area contributed by atoms with Gasteiger partial charge in [-0.1, -0.05) is 35.0 Å². The molecule has 3 rings (SSSR count). The Morgan fingerprint density at radius 3 is 2.96 bits per heavy atom. The van der Waals surface area contributed by atoms with Crippen LogP contribution < -0.4 is 5.32 Å². The third kappa shape index (κ3) is 5.41. The first kappa shape index (κ1) is 17.6. The average Bonchev–Trinajstić information content (AvgIpc) is 3.26. The summed E-state index contributed by atoms with van der Waals surface area (Å²) in [5, 5.41) is 9.56. The summed E-state index contributed by atoms with van der Waals surface area (Å²) in [6.07, 6.45) is 2.47. The molecule has 3 aromatic rings. The van der Waals surface area contributed by atoms with Crippen LogP contribution in [0.2, 0.25) is 5.02 Å². The van der Waals surface area contributed by atoms with Crippen molar-refractivity contribution in [3.8, 4) is 10.7 Å². The number of amides is 1. The third-order valence-electron chi connectivity index (χ3n) is 3.63. The molecule has 0 aliphatic rings. The Labute approximate surface area is 155 Å². The molecule has 0 unspecified atom stereocenters. The van der Waals surface area contributed by atoms with Gasteiger partial charge in [0.15, 0.2) is 0 Å². The van der Waals surface area contributed by atoms with E-state index in [1.807, 2.05) is 41.8 Å². The van der Waals surface area contributed by atoms with E-state index < -0.39 is 0 Å². The number of carbonyl (C=O) groups is 1. The lowest BCUT2D eigenvalue weighted by Gasteiger charge is -2.05. The minimum atomic E-state index is 0.0278. The van der Waals surface area contributed by atoms with Crippen LogP contribution in [-0.2, 0) is 17.6 Å². The largest absolute Gasteiger partial charge is 0.356 e. The molecule has 2 aromatic heterocycles. The van der Waals surface area contributed by atoms with Crippen molar-refractivity contribution in [3.05, 3.63) is 58.3 Å². The maximum atomic E-state index is 11.9. The highest BCUT2D eigenvalue weighted by molar-refractivity contribution is 7.13. The Hall–Kier alpha value is -2.18. The second-order valence-corrected chi connectivity index (χ2v) is 6.96. The van der Waals surface area contributed by atoms with Crippen LogP contribution >= 0.6 is 22.9 Å². The molecule has 130 valence electrons. The van der Waals surface area contributed by atoms with Gasteiger partial charge < -0.3 is 9.84 Å². The van der Waals surface area contributed by atoms with E-state index in [0.717, 1.165) is 16.9 Å². The van der Waals surface area contributed by atoms with Crippen molar-refractivity contribution in [3.63, 3.8) is 0 Å². The summed E-state index contributed by atoms with van der Waals surface area (Å²) in [6, 6.07) is 11.6. The summed E-state index contributed by atoms with van der Waals surface area (Å²) >= 11 is 7.51. The van der Waals surface area contributed by atoms with E-state index in [0.29, 0.717) is 42.5 Å². The molecule has 0 bridgehead atoms. The summed E-state index contributed by atoms with van der Waals surface area (Å²) in [5.74, 6) is 1.20. The lowest BCUT2D eigenvalue weighted by Crippen LogP contribution is -2.25. The molecule has 2 heterocycles. The molecule has 5 nitrogen and oxygen atoms in total. The van der Waals surface area contributed by atoms with Crippen LogP contribution in [0, 0.1) is 0 Å². The van der Waals surface area contributed by atoms with Crippen LogP contribution in [0.3, 0.4) is 0 Å². The fraction of sp³-hybridized carbons (Fsp3) is 0.278. The molecule has 0 saturated heterocycles. The summed E-state index contributed by atoms with van der Waals surface area (Å²) in [5.41, 5.74) is 1.11. The van der Waals surface area contributed by atoms with Crippen molar-refractivity contribution in [2.75, 3.05) is 6.54 Å². The van der Waals surface area contributed by atoms with E-state index in [2.05, 4.69) is 15.5 Å². The van der Waals surface area contributed by atoms with Gasteiger partial charge in [0, 0.05) is 24.4 Å². The Kier molecular flexibility index (Phi) is 6.19. The fourth-order valence-electron chi connectivity index (χ4n) is 2.39. The molecule has 7 heteroatoms. The number of halogens is 1. The van der Waals surface area contributed by atoms with E-state index in [4.69, 9.17) is 16.1 Å². The van der Waals surface area contributed by atoms with Gasteiger partial charge in [0.2, 0.25) is 17.6 Å². The van der Waals surface area contributed by atoms with Gasteiger partial charge in [-0.05, 0) is 42.0 Å². The predicted molar refractivity (Wildman–Crippen MR) is 98.7 cm³/mol. The first-order valence-corrected chi connectivity index (χ1v) is 9.34. The summed E-state index contributed by atoms with van der Waals surface area (Å²) < 4.78 is 5.22. The topological polar surface area (TPSA) is 68.0 Å². The first-order chi connectivity index (χ1) is 12.2. The van der Waals surface area contributed by atoms with Crippen LogP contribution in [0.25, 0.3) is 10.7 Å². The van der Waals surface area contributed by atoms with E-state index in [9.17, 15) is 4.79 Å². The number of nitrogens with zero attached hydrogens (tertiary/aromatic N) is 2. The minimum absolute atomic E-state index is 0.0278. The van der Waals surface area contributed by atoms with Crippen molar-refractivity contribution in [1.82, 2.24) is 15.5 Å². The number of hydrogen-bond acceptors (Lipinski definition) is 5. The number of carbonyl (C=O) groups excluding carboxylic acids is 1. The van der Waals surface area contributed by atoms with Crippen LogP contribution in [0.1, 0.15) is 24.3 Å². The van der Waals surface area contributed by atoms with Crippen molar-refractivity contribution >= 4 is 28.8 Å². The summed E-state index contributed by atoms with van der Waals surface area (Å²) in [4.78, 5) is 17.2. The molecule has 1 N–H and O–H groups in total. The number of aromatic nitrogens is 2. The zero-order valence-corrected chi connectivity index (χ0v) is 15.1. The first-order valence-electron chi connectivity index (χ1n) is 8.08. The molecule has 1 amide bonds. The Morgan fingerprint density at radius 1 is 1.24 bits per heavy atom. The minimum Gasteiger partial charge on any atom is -0.356 e. The number of hydrogen-bond donors (Lipinski definition) is 1. The number of thiophene rings is 1. The number of rotatable bonds is 8. The molecule has 0 aliphatic heterocycles. The summed E-state index contributed by atoms with van der Waals surface area (Å²) in [7, 11) is 0. The molecule has 1 aromatic carbocycles. The van der Waals surface area contributed by atoms with Crippen molar-refractivity contribution in [1.29, 1.82) is 0 Å². The average molecular weight is 376 g/mol. The molecule has 25 heavy (non-hydrogen) atoms. The van der Waals surface area contributed by atoms with E-state index in [1.54, 1.807) is 11.3 Å². The standard InChI is InChI=1S/C18H18ClN3O2S/c19-14-5-1-4-13(12-14)9-10-20-16(23)7-2-8-17-21-18(22-24-17)15-6-3-11-25-15/h1,3-6,11-12H,2,7-10H2,(H,20,23). The maximum Gasteiger partial charge on any atom is 0.226 e. The SMILES string of the molecule is O=C(CCCc1nc(-c2cccs2)no1)NCCc1cccc(Cl)c1. The molecular formula is C18H18ClN3O2S. The molecule has 0 aliphatic carbocycles. The quantitative estimate of drug-likeness (QED) is 0.642. The molecule has 0 spiro atoms. The van der Waals surface area contributed by atoms with Gasteiger partial charge in [-0.3, -0.25) is 4.79 Å². The zero-order chi connectivity index (χ0) is 17.5. The second kappa shape index (κ2) is 8.78. The molecule has 0 atom stereocenters. The second-order valence-electron chi connectivity index (χ2n) is 5.57. The zero-order valence-electron chi connectivity index (χ0n) is 13.6. The highest BCUT2D eigenvalue weighted by atomic mass is 35.5. The van der Waals surface area contributed by atoms with Crippen LogP contribution in [0.5, 0.6) is 0 Å². The predicted octanol–water partition coefficient (Wildman–Crippen LogP) is 4.13. The maximum absolute atomic E-state index is 11.9. The van der Waals surface area contributed by atoms with Crippen LogP contribution in [-0.4, -0.2) is 22.6 Å². The number of benzene rings is 1. The summed E-state index contributed by atoms with van der Waals surface area (Å²) in [6.45, 7) is 0.599. The lowest BCUT2D eigenvalue weighted by atomic mass is 10.1. The molecular weight excluding hydrogens is 358 g/mol. The Balaban J connectivity index is 1.35.